The zero-order chi connectivity index (χ0) is 12.3. The summed E-state index contributed by atoms with van der Waals surface area (Å²) in [7, 11) is -0.670. The van der Waals surface area contributed by atoms with Crippen molar-refractivity contribution in [2.75, 3.05) is 12.0 Å². The molecule has 2 aliphatic carbocycles. The first kappa shape index (κ1) is 13.5. The van der Waals surface area contributed by atoms with E-state index in [1.54, 1.807) is 6.26 Å². The fourth-order valence-corrected chi connectivity index (χ4v) is 4.63. The first-order valence-electron chi connectivity index (χ1n) is 7.21. The molecule has 2 rings (SSSR count). The summed E-state index contributed by atoms with van der Waals surface area (Å²) >= 11 is 0. The standard InChI is InChI=1S/C14H27NOS/c1-11(10-17(2)16)15-14-8-7-12-5-3-4-6-13(12)9-14/h11-15H,3-10H2,1-2H3. The van der Waals surface area contributed by atoms with Gasteiger partial charge in [-0.2, -0.15) is 0 Å². The highest BCUT2D eigenvalue weighted by Crippen LogP contribution is 2.40. The van der Waals surface area contributed by atoms with Gasteiger partial charge in [-0.25, -0.2) is 0 Å². The molecule has 1 N–H and O–H groups in total. The summed E-state index contributed by atoms with van der Waals surface area (Å²) < 4.78 is 11.2. The third-order valence-corrected chi connectivity index (χ3v) is 5.51. The van der Waals surface area contributed by atoms with Crippen molar-refractivity contribution >= 4 is 10.8 Å². The summed E-state index contributed by atoms with van der Waals surface area (Å²) in [6, 6.07) is 1.10. The Kier molecular flexibility index (Phi) is 5.04. The lowest BCUT2D eigenvalue weighted by Crippen LogP contribution is -2.44. The number of nitrogens with one attached hydrogen (secondary N) is 1. The lowest BCUT2D eigenvalue weighted by atomic mass is 9.69. The van der Waals surface area contributed by atoms with Gasteiger partial charge < -0.3 is 5.32 Å². The molecular weight excluding hydrogens is 230 g/mol. The minimum atomic E-state index is -0.670. The molecule has 3 heteroatoms. The van der Waals surface area contributed by atoms with E-state index in [2.05, 4.69) is 12.2 Å². The van der Waals surface area contributed by atoms with Gasteiger partial charge >= 0.3 is 0 Å². The van der Waals surface area contributed by atoms with E-state index in [4.69, 9.17) is 0 Å². The average Bonchev–Trinajstić information content (AvgIpc) is 2.27. The molecular formula is C14H27NOS. The van der Waals surface area contributed by atoms with Crippen LogP contribution in [0.2, 0.25) is 0 Å². The van der Waals surface area contributed by atoms with Gasteiger partial charge in [0.1, 0.15) is 0 Å². The molecule has 0 bridgehead atoms. The molecule has 17 heavy (non-hydrogen) atoms. The van der Waals surface area contributed by atoms with Gasteiger partial charge in [-0.3, -0.25) is 4.21 Å². The minimum Gasteiger partial charge on any atom is -0.311 e. The molecule has 0 aromatic carbocycles. The number of hydrogen-bond acceptors (Lipinski definition) is 2. The molecule has 5 unspecified atom stereocenters. The topological polar surface area (TPSA) is 29.1 Å². The van der Waals surface area contributed by atoms with Crippen LogP contribution in [0.3, 0.4) is 0 Å². The lowest BCUT2D eigenvalue weighted by molar-refractivity contribution is 0.140. The van der Waals surface area contributed by atoms with E-state index in [1.165, 1.54) is 44.9 Å². The van der Waals surface area contributed by atoms with E-state index in [0.29, 0.717) is 12.1 Å². The Hall–Kier alpha value is 0.110. The van der Waals surface area contributed by atoms with Gasteiger partial charge in [0.2, 0.25) is 0 Å². The van der Waals surface area contributed by atoms with Crippen LogP contribution in [0.5, 0.6) is 0 Å². The van der Waals surface area contributed by atoms with Crippen molar-refractivity contribution in [3.63, 3.8) is 0 Å². The van der Waals surface area contributed by atoms with Crippen molar-refractivity contribution in [2.24, 2.45) is 11.8 Å². The Bertz CT molecular complexity index is 269. The van der Waals surface area contributed by atoms with Gasteiger partial charge in [0.05, 0.1) is 0 Å². The first-order chi connectivity index (χ1) is 8.15. The molecule has 2 fully saturated rings. The summed E-state index contributed by atoms with van der Waals surface area (Å²) in [5, 5.41) is 3.69. The molecule has 0 saturated heterocycles. The quantitative estimate of drug-likeness (QED) is 0.839. The van der Waals surface area contributed by atoms with Gasteiger partial charge in [0.25, 0.3) is 0 Å². The van der Waals surface area contributed by atoms with Crippen molar-refractivity contribution in [3.8, 4) is 0 Å². The number of fused-ring (bicyclic) bond motifs is 1. The summed E-state index contributed by atoms with van der Waals surface area (Å²) in [5.41, 5.74) is 0. The largest absolute Gasteiger partial charge is 0.311 e. The molecule has 0 aromatic rings. The maximum atomic E-state index is 11.2. The van der Waals surface area contributed by atoms with E-state index < -0.39 is 10.8 Å². The molecule has 0 radical (unpaired) electrons. The molecule has 0 aromatic heterocycles. The summed E-state index contributed by atoms with van der Waals surface area (Å²) in [4.78, 5) is 0. The fraction of sp³-hybridized carbons (Fsp3) is 1.00. The second-order valence-electron chi connectivity index (χ2n) is 6.12. The third-order valence-electron chi connectivity index (χ3n) is 4.54. The molecule has 0 aliphatic heterocycles. The third kappa shape index (κ3) is 4.06. The predicted molar refractivity (Wildman–Crippen MR) is 74.6 cm³/mol. The first-order valence-corrected chi connectivity index (χ1v) is 8.94. The normalized spacial score (nSPS) is 37.2. The highest BCUT2D eigenvalue weighted by atomic mass is 32.2. The summed E-state index contributed by atoms with van der Waals surface area (Å²) in [6.07, 6.45) is 11.8. The number of hydrogen-bond donors (Lipinski definition) is 1. The predicted octanol–water partition coefficient (Wildman–Crippen LogP) is 2.70. The molecule has 5 atom stereocenters. The monoisotopic (exact) mass is 257 g/mol. The molecule has 100 valence electrons. The van der Waals surface area contributed by atoms with Crippen LogP contribution in [0.4, 0.5) is 0 Å². The van der Waals surface area contributed by atoms with Crippen LogP contribution in [0, 0.1) is 11.8 Å². The summed E-state index contributed by atoms with van der Waals surface area (Å²) in [5.74, 6) is 2.80. The van der Waals surface area contributed by atoms with E-state index in [1.807, 2.05) is 0 Å². The SMILES string of the molecule is CC(CS(C)=O)NC1CCC2CCCCC2C1. The highest BCUT2D eigenvalue weighted by molar-refractivity contribution is 7.84. The van der Waals surface area contributed by atoms with Gasteiger partial charge in [0, 0.05) is 34.9 Å². The van der Waals surface area contributed by atoms with Gasteiger partial charge in [-0.15, -0.1) is 0 Å². The summed E-state index contributed by atoms with van der Waals surface area (Å²) in [6.45, 7) is 2.17. The minimum absolute atomic E-state index is 0.408. The van der Waals surface area contributed by atoms with Gasteiger partial charge in [-0.05, 0) is 38.0 Å². The number of rotatable bonds is 4. The Morgan fingerprint density at radius 2 is 1.88 bits per heavy atom. The zero-order valence-electron chi connectivity index (χ0n) is 11.3. The van der Waals surface area contributed by atoms with Crippen LogP contribution in [-0.4, -0.2) is 28.3 Å². The van der Waals surface area contributed by atoms with E-state index >= 15 is 0 Å². The van der Waals surface area contributed by atoms with Crippen molar-refractivity contribution in [1.82, 2.24) is 5.32 Å². The van der Waals surface area contributed by atoms with Crippen LogP contribution in [-0.2, 0) is 10.8 Å². The Morgan fingerprint density at radius 1 is 1.18 bits per heavy atom. The van der Waals surface area contributed by atoms with Crippen molar-refractivity contribution in [3.05, 3.63) is 0 Å². The van der Waals surface area contributed by atoms with Crippen LogP contribution in [0.1, 0.15) is 51.9 Å². The van der Waals surface area contributed by atoms with E-state index in [0.717, 1.165) is 17.6 Å². The second kappa shape index (κ2) is 6.33. The molecule has 0 amide bonds. The Balaban J connectivity index is 1.77. The zero-order valence-corrected chi connectivity index (χ0v) is 12.1. The van der Waals surface area contributed by atoms with Crippen LogP contribution >= 0.6 is 0 Å². The van der Waals surface area contributed by atoms with E-state index in [-0.39, 0.29) is 0 Å². The lowest BCUT2D eigenvalue weighted by Gasteiger charge is -2.40. The molecule has 0 spiro atoms. The van der Waals surface area contributed by atoms with E-state index in [9.17, 15) is 4.21 Å². The van der Waals surface area contributed by atoms with Crippen molar-refractivity contribution in [1.29, 1.82) is 0 Å². The van der Waals surface area contributed by atoms with Crippen LogP contribution in [0.15, 0.2) is 0 Å². The second-order valence-corrected chi connectivity index (χ2v) is 7.60. The molecule has 2 nitrogen and oxygen atoms in total. The average molecular weight is 257 g/mol. The maximum Gasteiger partial charge on any atom is 0.0383 e. The Labute approximate surface area is 108 Å². The molecule has 2 saturated carbocycles. The Morgan fingerprint density at radius 3 is 2.59 bits per heavy atom. The van der Waals surface area contributed by atoms with Crippen molar-refractivity contribution in [2.45, 2.75) is 64.0 Å². The van der Waals surface area contributed by atoms with Gasteiger partial charge in [-0.1, -0.05) is 25.7 Å². The highest BCUT2D eigenvalue weighted by Gasteiger charge is 2.32. The maximum absolute atomic E-state index is 11.2. The molecule has 0 heterocycles. The van der Waals surface area contributed by atoms with Crippen LogP contribution in [0.25, 0.3) is 0 Å². The smallest absolute Gasteiger partial charge is 0.0383 e. The fourth-order valence-electron chi connectivity index (χ4n) is 3.83. The molecule has 2 aliphatic rings. The van der Waals surface area contributed by atoms with Gasteiger partial charge in [0.15, 0.2) is 0 Å². The van der Waals surface area contributed by atoms with Crippen LogP contribution < -0.4 is 5.32 Å². The van der Waals surface area contributed by atoms with Crippen molar-refractivity contribution < 1.29 is 4.21 Å².